The molecule has 0 amide bonds. The minimum atomic E-state index is 0.0184. The van der Waals surface area contributed by atoms with Crippen molar-refractivity contribution in [3.05, 3.63) is 0 Å². The van der Waals surface area contributed by atoms with Crippen LogP contribution >= 0.6 is 0 Å². The second kappa shape index (κ2) is 5.99. The van der Waals surface area contributed by atoms with E-state index in [4.69, 9.17) is 9.47 Å². The molecule has 0 aromatic rings. The molecule has 1 saturated heterocycles. The van der Waals surface area contributed by atoms with Gasteiger partial charge in [-0.25, -0.2) is 0 Å². The van der Waals surface area contributed by atoms with Gasteiger partial charge in [-0.2, -0.15) is 0 Å². The second-order valence-electron chi connectivity index (χ2n) is 5.77. The SMILES string of the molecule is COCC(NC1CCOC(C)(C)C1)C(C)C. The largest absolute Gasteiger partial charge is 0.383 e. The molecule has 1 heterocycles. The summed E-state index contributed by atoms with van der Waals surface area (Å²) in [6.45, 7) is 10.5. The molecular weight excluding hydrogens is 202 g/mol. The van der Waals surface area contributed by atoms with Crippen molar-refractivity contribution in [2.75, 3.05) is 20.3 Å². The van der Waals surface area contributed by atoms with Crippen LogP contribution in [0.5, 0.6) is 0 Å². The molecule has 0 radical (unpaired) electrons. The Labute approximate surface area is 99.9 Å². The summed E-state index contributed by atoms with van der Waals surface area (Å²) in [5.41, 5.74) is 0.0184. The average molecular weight is 229 g/mol. The number of methoxy groups -OCH3 is 1. The van der Waals surface area contributed by atoms with Crippen LogP contribution in [0.3, 0.4) is 0 Å². The van der Waals surface area contributed by atoms with Crippen molar-refractivity contribution in [2.45, 2.75) is 58.2 Å². The van der Waals surface area contributed by atoms with Gasteiger partial charge >= 0.3 is 0 Å². The molecule has 0 aromatic carbocycles. The molecule has 0 spiro atoms. The summed E-state index contributed by atoms with van der Waals surface area (Å²) in [6.07, 6.45) is 2.19. The van der Waals surface area contributed by atoms with Crippen LogP contribution in [0.2, 0.25) is 0 Å². The van der Waals surface area contributed by atoms with Gasteiger partial charge in [0.25, 0.3) is 0 Å². The second-order valence-corrected chi connectivity index (χ2v) is 5.77. The first-order valence-corrected chi connectivity index (χ1v) is 6.33. The predicted octanol–water partition coefficient (Wildman–Crippen LogP) is 2.20. The minimum Gasteiger partial charge on any atom is -0.383 e. The number of hydrogen-bond acceptors (Lipinski definition) is 3. The fraction of sp³-hybridized carbons (Fsp3) is 1.00. The highest BCUT2D eigenvalue weighted by atomic mass is 16.5. The van der Waals surface area contributed by atoms with Gasteiger partial charge in [0.05, 0.1) is 12.2 Å². The summed E-state index contributed by atoms with van der Waals surface area (Å²) in [4.78, 5) is 0. The van der Waals surface area contributed by atoms with Crippen LogP contribution in [0, 0.1) is 5.92 Å². The van der Waals surface area contributed by atoms with Crippen LogP contribution in [0.1, 0.15) is 40.5 Å². The highest BCUT2D eigenvalue weighted by Crippen LogP contribution is 2.24. The molecule has 0 aromatic heterocycles. The zero-order valence-electron chi connectivity index (χ0n) is 11.4. The first-order valence-electron chi connectivity index (χ1n) is 6.33. The van der Waals surface area contributed by atoms with Crippen LogP contribution in [-0.4, -0.2) is 38.0 Å². The third-order valence-corrected chi connectivity index (χ3v) is 3.30. The van der Waals surface area contributed by atoms with Gasteiger partial charge < -0.3 is 14.8 Å². The Hall–Kier alpha value is -0.120. The summed E-state index contributed by atoms with van der Waals surface area (Å²) < 4.78 is 11.0. The molecule has 0 aliphatic carbocycles. The van der Waals surface area contributed by atoms with Crippen LogP contribution in [-0.2, 0) is 9.47 Å². The lowest BCUT2D eigenvalue weighted by Gasteiger charge is -2.38. The molecular formula is C13H27NO2. The van der Waals surface area contributed by atoms with Crippen molar-refractivity contribution in [3.63, 3.8) is 0 Å². The Morgan fingerprint density at radius 2 is 2.12 bits per heavy atom. The summed E-state index contributed by atoms with van der Waals surface area (Å²) in [5, 5.41) is 3.71. The quantitative estimate of drug-likeness (QED) is 0.784. The Morgan fingerprint density at radius 1 is 1.44 bits per heavy atom. The standard InChI is InChI=1S/C13H27NO2/c1-10(2)12(9-15-5)14-11-6-7-16-13(3,4)8-11/h10-12,14H,6-9H2,1-5H3. The van der Waals surface area contributed by atoms with Crippen molar-refractivity contribution in [2.24, 2.45) is 5.92 Å². The number of rotatable bonds is 5. The topological polar surface area (TPSA) is 30.5 Å². The van der Waals surface area contributed by atoms with Crippen LogP contribution < -0.4 is 5.32 Å². The van der Waals surface area contributed by atoms with Crippen molar-refractivity contribution in [1.82, 2.24) is 5.32 Å². The molecule has 1 fully saturated rings. The first kappa shape index (κ1) is 13.9. The Kier molecular flexibility index (Phi) is 5.22. The van der Waals surface area contributed by atoms with Crippen LogP contribution in [0.4, 0.5) is 0 Å². The van der Waals surface area contributed by atoms with E-state index in [1.54, 1.807) is 7.11 Å². The van der Waals surface area contributed by atoms with Crippen molar-refractivity contribution in [3.8, 4) is 0 Å². The van der Waals surface area contributed by atoms with E-state index in [0.717, 1.165) is 26.1 Å². The monoisotopic (exact) mass is 229 g/mol. The Bertz CT molecular complexity index is 204. The van der Waals surface area contributed by atoms with E-state index in [-0.39, 0.29) is 5.60 Å². The van der Waals surface area contributed by atoms with Gasteiger partial charge in [-0.05, 0) is 32.6 Å². The van der Waals surface area contributed by atoms with Gasteiger partial charge in [0.1, 0.15) is 0 Å². The molecule has 1 rings (SSSR count). The van der Waals surface area contributed by atoms with Gasteiger partial charge in [0.15, 0.2) is 0 Å². The molecule has 96 valence electrons. The third-order valence-electron chi connectivity index (χ3n) is 3.30. The number of nitrogens with one attached hydrogen (secondary N) is 1. The molecule has 1 aliphatic rings. The lowest BCUT2D eigenvalue weighted by atomic mass is 9.92. The molecule has 1 N–H and O–H groups in total. The van der Waals surface area contributed by atoms with E-state index in [9.17, 15) is 0 Å². The van der Waals surface area contributed by atoms with Gasteiger partial charge in [-0.15, -0.1) is 0 Å². The molecule has 3 nitrogen and oxygen atoms in total. The smallest absolute Gasteiger partial charge is 0.0641 e. The van der Waals surface area contributed by atoms with E-state index < -0.39 is 0 Å². The maximum absolute atomic E-state index is 5.73. The fourth-order valence-corrected chi connectivity index (χ4v) is 2.29. The summed E-state index contributed by atoms with van der Waals surface area (Å²) in [5.74, 6) is 0.603. The van der Waals surface area contributed by atoms with Crippen LogP contribution in [0.25, 0.3) is 0 Å². The summed E-state index contributed by atoms with van der Waals surface area (Å²) in [6, 6.07) is 1.01. The van der Waals surface area contributed by atoms with Crippen LogP contribution in [0.15, 0.2) is 0 Å². The summed E-state index contributed by atoms with van der Waals surface area (Å²) >= 11 is 0. The predicted molar refractivity (Wildman–Crippen MR) is 66.7 cm³/mol. The van der Waals surface area contributed by atoms with E-state index >= 15 is 0 Å². The van der Waals surface area contributed by atoms with Gasteiger partial charge in [-0.1, -0.05) is 13.8 Å². The molecule has 3 heteroatoms. The lowest BCUT2D eigenvalue weighted by Crippen LogP contribution is -2.50. The minimum absolute atomic E-state index is 0.0184. The molecule has 16 heavy (non-hydrogen) atoms. The van der Waals surface area contributed by atoms with E-state index in [0.29, 0.717) is 18.0 Å². The highest BCUT2D eigenvalue weighted by molar-refractivity contribution is 4.85. The molecule has 1 aliphatic heterocycles. The third kappa shape index (κ3) is 4.40. The molecule has 2 atom stereocenters. The number of hydrogen-bond donors (Lipinski definition) is 1. The van der Waals surface area contributed by atoms with Gasteiger partial charge in [0.2, 0.25) is 0 Å². The van der Waals surface area contributed by atoms with Gasteiger partial charge in [-0.3, -0.25) is 0 Å². The van der Waals surface area contributed by atoms with E-state index in [2.05, 4.69) is 33.0 Å². The lowest BCUT2D eigenvalue weighted by molar-refractivity contribution is -0.0659. The van der Waals surface area contributed by atoms with E-state index in [1.165, 1.54) is 0 Å². The van der Waals surface area contributed by atoms with Crippen molar-refractivity contribution in [1.29, 1.82) is 0 Å². The van der Waals surface area contributed by atoms with Crippen molar-refractivity contribution >= 4 is 0 Å². The zero-order chi connectivity index (χ0) is 12.2. The zero-order valence-corrected chi connectivity index (χ0v) is 11.4. The highest BCUT2D eigenvalue weighted by Gasteiger charge is 2.30. The molecule has 0 saturated carbocycles. The first-order chi connectivity index (χ1) is 7.44. The van der Waals surface area contributed by atoms with Crippen molar-refractivity contribution < 1.29 is 9.47 Å². The molecule has 0 bridgehead atoms. The average Bonchev–Trinajstić information content (AvgIpc) is 2.15. The number of ether oxygens (including phenoxy) is 2. The summed E-state index contributed by atoms with van der Waals surface area (Å²) in [7, 11) is 1.77. The maximum Gasteiger partial charge on any atom is 0.0641 e. The Balaban J connectivity index is 2.44. The van der Waals surface area contributed by atoms with Gasteiger partial charge in [0, 0.05) is 25.8 Å². The van der Waals surface area contributed by atoms with E-state index in [1.807, 2.05) is 0 Å². The fourth-order valence-electron chi connectivity index (χ4n) is 2.29. The normalized spacial score (nSPS) is 27.0. The molecule has 2 unspecified atom stereocenters. The Morgan fingerprint density at radius 3 is 2.62 bits per heavy atom. The maximum atomic E-state index is 5.73.